The first kappa shape index (κ1) is 18.1. The molecule has 2 N–H and O–H groups in total. The summed E-state index contributed by atoms with van der Waals surface area (Å²) in [4.78, 5) is 21.4. The number of aromatic amines is 1. The van der Waals surface area contributed by atoms with Crippen LogP contribution in [-0.2, 0) is 4.79 Å². The maximum absolute atomic E-state index is 12.2. The highest BCUT2D eigenvalue weighted by atomic mass is 32.2. The first-order valence-corrected chi connectivity index (χ1v) is 10.3. The Morgan fingerprint density at radius 1 is 1.40 bits per heavy atom. The van der Waals surface area contributed by atoms with Crippen molar-refractivity contribution in [1.82, 2.24) is 9.97 Å². The van der Waals surface area contributed by atoms with Gasteiger partial charge in [-0.25, -0.2) is 4.98 Å². The summed E-state index contributed by atoms with van der Waals surface area (Å²) in [6.07, 6.45) is 8.95. The molecular weight excluding hydrogens is 330 g/mol. The van der Waals surface area contributed by atoms with Gasteiger partial charge in [0.15, 0.2) is 0 Å². The molecule has 25 heavy (non-hydrogen) atoms. The second-order valence-corrected chi connectivity index (χ2v) is 7.95. The number of nitrogens with zero attached hydrogens (tertiary/aromatic N) is 1. The van der Waals surface area contributed by atoms with Crippen LogP contribution in [0.1, 0.15) is 58.2 Å². The van der Waals surface area contributed by atoms with Gasteiger partial charge in [-0.2, -0.15) is 0 Å². The van der Waals surface area contributed by atoms with E-state index in [1.165, 1.54) is 25.7 Å². The third-order valence-electron chi connectivity index (χ3n) is 4.82. The van der Waals surface area contributed by atoms with Gasteiger partial charge in [0.2, 0.25) is 5.91 Å². The number of benzene rings is 1. The predicted molar refractivity (Wildman–Crippen MR) is 108 cm³/mol. The van der Waals surface area contributed by atoms with Gasteiger partial charge in [-0.05, 0) is 43.2 Å². The number of allylic oxidation sites excluding steroid dienone is 1. The fraction of sp³-hybridized carbons (Fsp3) is 0.500. The van der Waals surface area contributed by atoms with Gasteiger partial charge in [-0.15, -0.1) is 11.8 Å². The summed E-state index contributed by atoms with van der Waals surface area (Å²) in [6, 6.07) is 5.87. The molecule has 4 nitrogen and oxygen atoms in total. The largest absolute Gasteiger partial charge is 0.337 e. The average molecular weight is 358 g/mol. The van der Waals surface area contributed by atoms with E-state index in [1.807, 2.05) is 25.1 Å². The minimum Gasteiger partial charge on any atom is -0.337 e. The van der Waals surface area contributed by atoms with E-state index < -0.39 is 0 Å². The van der Waals surface area contributed by atoms with E-state index in [-0.39, 0.29) is 5.91 Å². The van der Waals surface area contributed by atoms with E-state index in [9.17, 15) is 4.79 Å². The Morgan fingerprint density at radius 2 is 2.20 bits per heavy atom. The van der Waals surface area contributed by atoms with Crippen molar-refractivity contribution in [1.29, 1.82) is 0 Å². The Kier molecular flexibility index (Phi) is 6.19. The van der Waals surface area contributed by atoms with Gasteiger partial charge in [0.25, 0.3) is 0 Å². The topological polar surface area (TPSA) is 57.8 Å². The number of nitrogens with one attached hydrogen (secondary N) is 2. The minimum absolute atomic E-state index is 0.113. The maximum atomic E-state index is 12.2. The number of hydrogen-bond donors (Lipinski definition) is 2. The van der Waals surface area contributed by atoms with Crippen molar-refractivity contribution < 1.29 is 4.79 Å². The van der Waals surface area contributed by atoms with Crippen LogP contribution in [0.15, 0.2) is 24.3 Å². The van der Waals surface area contributed by atoms with Gasteiger partial charge in [0, 0.05) is 17.0 Å². The molecule has 1 saturated carbocycles. The smallest absolute Gasteiger partial charge is 0.224 e. The number of imidazole rings is 1. The number of anilines is 1. The van der Waals surface area contributed by atoms with Crippen LogP contribution in [0.25, 0.3) is 15.9 Å². The highest BCUT2D eigenvalue weighted by Gasteiger charge is 2.16. The third kappa shape index (κ3) is 4.66. The Labute approximate surface area is 153 Å². The van der Waals surface area contributed by atoms with Crippen LogP contribution >= 0.6 is 11.8 Å². The van der Waals surface area contributed by atoms with E-state index in [4.69, 9.17) is 0 Å². The third-order valence-corrected chi connectivity index (χ3v) is 5.84. The summed E-state index contributed by atoms with van der Waals surface area (Å²) in [5.74, 6) is 2.77. The number of rotatable bonds is 7. The van der Waals surface area contributed by atoms with E-state index in [2.05, 4.69) is 28.3 Å². The minimum atomic E-state index is 0.113. The molecule has 134 valence electrons. The van der Waals surface area contributed by atoms with Gasteiger partial charge in [-0.3, -0.25) is 4.79 Å². The van der Waals surface area contributed by atoms with Gasteiger partial charge < -0.3 is 10.3 Å². The molecule has 2 aromatic rings. The normalized spacial score (nSPS) is 15.8. The Bertz CT molecular complexity index is 759. The van der Waals surface area contributed by atoms with E-state index >= 15 is 0 Å². The second kappa shape index (κ2) is 8.56. The van der Waals surface area contributed by atoms with Crippen LogP contribution < -0.4 is 5.32 Å². The summed E-state index contributed by atoms with van der Waals surface area (Å²) in [5.41, 5.74) is 2.72. The molecule has 0 radical (unpaired) electrons. The number of carbonyl (C=O) groups excluding carboxylic acids is 1. The molecule has 0 atom stereocenters. The lowest BCUT2D eigenvalue weighted by molar-refractivity contribution is -0.116. The molecule has 1 heterocycles. The summed E-state index contributed by atoms with van der Waals surface area (Å²) in [5, 5.41) is 3.03. The van der Waals surface area contributed by atoms with Gasteiger partial charge in [0.05, 0.1) is 11.0 Å². The van der Waals surface area contributed by atoms with Crippen molar-refractivity contribution in [3.8, 4) is 0 Å². The molecule has 1 aliphatic rings. The quantitative estimate of drug-likeness (QED) is 0.679. The maximum Gasteiger partial charge on any atom is 0.224 e. The van der Waals surface area contributed by atoms with Crippen LogP contribution in [0.5, 0.6) is 0 Å². The molecule has 3 rings (SSSR count). The summed E-state index contributed by atoms with van der Waals surface area (Å²) in [6.45, 7) is 4.16. The molecule has 0 bridgehead atoms. The second-order valence-electron chi connectivity index (χ2n) is 6.64. The van der Waals surface area contributed by atoms with Gasteiger partial charge >= 0.3 is 0 Å². The zero-order valence-corrected chi connectivity index (χ0v) is 15.9. The highest BCUT2D eigenvalue weighted by Crippen LogP contribution is 2.29. The Hall–Kier alpha value is -1.75. The molecule has 0 unspecified atom stereocenters. The zero-order chi connectivity index (χ0) is 17.6. The molecule has 1 fully saturated rings. The van der Waals surface area contributed by atoms with Crippen molar-refractivity contribution in [2.45, 2.75) is 52.4 Å². The molecule has 1 aromatic carbocycles. The number of thioether (sulfide) groups is 1. The molecule has 5 heteroatoms. The van der Waals surface area contributed by atoms with Crippen LogP contribution in [0, 0.1) is 5.92 Å². The first-order valence-electron chi connectivity index (χ1n) is 9.28. The zero-order valence-electron chi connectivity index (χ0n) is 15.1. The van der Waals surface area contributed by atoms with Crippen molar-refractivity contribution >= 4 is 39.3 Å². The van der Waals surface area contributed by atoms with Crippen LogP contribution in [0.4, 0.5) is 5.69 Å². The van der Waals surface area contributed by atoms with E-state index in [0.29, 0.717) is 6.42 Å². The predicted octanol–water partition coefficient (Wildman–Crippen LogP) is 5.59. The van der Waals surface area contributed by atoms with Crippen LogP contribution in [0.2, 0.25) is 0 Å². The lowest BCUT2D eigenvalue weighted by Crippen LogP contribution is -2.12. The monoisotopic (exact) mass is 357 g/mol. The van der Waals surface area contributed by atoms with Gasteiger partial charge in [0.1, 0.15) is 5.82 Å². The molecule has 1 amide bonds. The Morgan fingerprint density at radius 3 is 2.92 bits per heavy atom. The molecule has 0 aliphatic heterocycles. The fourth-order valence-electron chi connectivity index (χ4n) is 3.51. The Balaban J connectivity index is 1.65. The van der Waals surface area contributed by atoms with Gasteiger partial charge in [-0.1, -0.05) is 38.7 Å². The van der Waals surface area contributed by atoms with Crippen molar-refractivity contribution in [2.24, 2.45) is 5.92 Å². The van der Waals surface area contributed by atoms with E-state index in [1.54, 1.807) is 11.8 Å². The number of hydrogen-bond acceptors (Lipinski definition) is 3. The fourth-order valence-corrected chi connectivity index (χ4v) is 4.22. The van der Waals surface area contributed by atoms with Crippen molar-refractivity contribution in [3.63, 3.8) is 0 Å². The summed E-state index contributed by atoms with van der Waals surface area (Å²) in [7, 11) is 0. The number of aromatic nitrogens is 2. The van der Waals surface area contributed by atoms with E-state index in [0.717, 1.165) is 45.5 Å². The molecule has 0 saturated heterocycles. The average Bonchev–Trinajstić information content (AvgIpc) is 3.26. The highest BCUT2D eigenvalue weighted by molar-refractivity contribution is 8.08. The summed E-state index contributed by atoms with van der Waals surface area (Å²) >= 11 is 1.78. The first-order chi connectivity index (χ1) is 12.2. The molecule has 1 aliphatic carbocycles. The number of amides is 1. The molecular formula is C20H27N3OS. The van der Waals surface area contributed by atoms with Crippen molar-refractivity contribution in [2.75, 3.05) is 11.1 Å². The number of fused-ring (bicyclic) bond motifs is 1. The lowest BCUT2D eigenvalue weighted by Gasteiger charge is -2.09. The number of carbonyl (C=O) groups is 1. The van der Waals surface area contributed by atoms with Crippen LogP contribution in [-0.4, -0.2) is 21.6 Å². The van der Waals surface area contributed by atoms with Crippen molar-refractivity contribution in [3.05, 3.63) is 30.1 Å². The number of H-pyrrole nitrogens is 1. The van der Waals surface area contributed by atoms with Crippen LogP contribution in [0.3, 0.4) is 0 Å². The standard InChI is InChI=1S/C20H27N3OS/c1-3-18(25-4-2)20-22-16-11-10-15(13-17(16)23-20)21-19(24)12-9-14-7-5-6-8-14/h3,10-11,13-14H,4-9,12H2,1-2H3,(H,21,24)(H,22,23)/b18-3-. The SMILES string of the molecule is C/C=C(\SCC)c1nc2ccc(NC(=O)CCC3CCCC3)cc2[nH]1. The molecule has 1 aromatic heterocycles. The molecule has 0 spiro atoms. The lowest BCUT2D eigenvalue weighted by atomic mass is 10.0. The summed E-state index contributed by atoms with van der Waals surface area (Å²) < 4.78 is 0.